The molecule has 0 spiro atoms. The molecule has 3 rings (SSSR count). The van der Waals surface area contributed by atoms with E-state index in [1.54, 1.807) is 24.3 Å². The molecule has 0 saturated heterocycles. The zero-order valence-corrected chi connectivity index (χ0v) is 16.4. The van der Waals surface area contributed by atoms with E-state index in [1.807, 2.05) is 30.3 Å². The summed E-state index contributed by atoms with van der Waals surface area (Å²) in [6.07, 6.45) is -5.07. The summed E-state index contributed by atoms with van der Waals surface area (Å²) in [4.78, 5) is 12.5. The maximum absolute atomic E-state index is 13.6. The summed E-state index contributed by atoms with van der Waals surface area (Å²) in [7, 11) is 0. The molecule has 2 aromatic rings. The average Bonchev–Trinajstić information content (AvgIpc) is 3.02. The van der Waals surface area contributed by atoms with Crippen molar-refractivity contribution in [2.45, 2.75) is 37.6 Å². The lowest BCUT2D eigenvalue weighted by Crippen LogP contribution is -2.56. The Bertz CT molecular complexity index is 869. The van der Waals surface area contributed by atoms with Crippen LogP contribution in [0.15, 0.2) is 64.2 Å². The van der Waals surface area contributed by atoms with Gasteiger partial charge in [-0.2, -0.15) is 23.3 Å². The van der Waals surface area contributed by atoms with Gasteiger partial charge in [0.15, 0.2) is 0 Å². The van der Waals surface area contributed by atoms with Crippen LogP contribution >= 0.6 is 15.9 Å². The van der Waals surface area contributed by atoms with Crippen molar-refractivity contribution in [3.63, 3.8) is 0 Å². The number of rotatable bonds is 5. The highest BCUT2D eigenvalue weighted by Gasteiger charge is 2.63. The number of amides is 1. The first-order valence-electron chi connectivity index (χ1n) is 8.70. The average molecular weight is 455 g/mol. The lowest BCUT2D eigenvalue weighted by Gasteiger charge is -2.32. The van der Waals surface area contributed by atoms with Gasteiger partial charge in [0, 0.05) is 10.9 Å². The largest absolute Gasteiger partial charge is 0.438 e. The van der Waals surface area contributed by atoms with E-state index in [-0.39, 0.29) is 17.1 Å². The second kappa shape index (κ2) is 8.05. The molecule has 0 aliphatic carbocycles. The standard InChI is InChI=1S/C20H18BrF3N2O2/c21-16-11-9-15(10-12-16)17-13-19(28,20(22,23)24)26(25-17)18(27)8-4-7-14-5-2-1-3-6-14/h1-3,5-6,9-12,28H,4,7-8,13H2. The zero-order valence-electron chi connectivity index (χ0n) is 14.8. The Morgan fingerprint density at radius 3 is 2.39 bits per heavy atom. The molecule has 1 aliphatic rings. The van der Waals surface area contributed by atoms with E-state index in [2.05, 4.69) is 21.0 Å². The highest BCUT2D eigenvalue weighted by molar-refractivity contribution is 9.10. The minimum atomic E-state index is -5.03. The van der Waals surface area contributed by atoms with Crippen LogP contribution in [-0.2, 0) is 11.2 Å². The maximum Gasteiger partial charge on any atom is 0.438 e. The topological polar surface area (TPSA) is 52.9 Å². The van der Waals surface area contributed by atoms with E-state index in [1.165, 1.54) is 0 Å². The SMILES string of the molecule is O=C(CCCc1ccccc1)N1N=C(c2ccc(Br)cc2)CC1(O)C(F)(F)F. The number of carbonyl (C=O) groups is 1. The van der Waals surface area contributed by atoms with Gasteiger partial charge in [0.25, 0.3) is 5.72 Å². The first kappa shape index (κ1) is 20.5. The summed E-state index contributed by atoms with van der Waals surface area (Å²) >= 11 is 3.26. The predicted octanol–water partition coefficient (Wildman–Crippen LogP) is 4.66. The van der Waals surface area contributed by atoms with Crippen LogP contribution in [0.25, 0.3) is 0 Å². The van der Waals surface area contributed by atoms with E-state index in [9.17, 15) is 23.1 Å². The van der Waals surface area contributed by atoms with E-state index in [0.29, 0.717) is 18.4 Å². The van der Waals surface area contributed by atoms with Gasteiger partial charge in [-0.05, 0) is 36.1 Å². The molecule has 1 heterocycles. The van der Waals surface area contributed by atoms with E-state index >= 15 is 0 Å². The van der Waals surface area contributed by atoms with Crippen molar-refractivity contribution in [3.05, 3.63) is 70.2 Å². The van der Waals surface area contributed by atoms with Gasteiger partial charge in [-0.3, -0.25) is 4.79 Å². The Balaban J connectivity index is 1.77. The molecule has 8 heteroatoms. The lowest BCUT2D eigenvalue weighted by atomic mass is 10.0. The molecule has 1 atom stereocenters. The minimum Gasteiger partial charge on any atom is -0.362 e. The number of aryl methyl sites for hydroxylation is 1. The number of halogens is 4. The molecule has 1 unspecified atom stereocenters. The van der Waals surface area contributed by atoms with Gasteiger partial charge >= 0.3 is 6.18 Å². The van der Waals surface area contributed by atoms with Gasteiger partial charge < -0.3 is 5.11 Å². The number of benzene rings is 2. The molecule has 4 nitrogen and oxygen atoms in total. The molecule has 0 bridgehead atoms. The van der Waals surface area contributed by atoms with Crippen molar-refractivity contribution in [1.29, 1.82) is 0 Å². The lowest BCUT2D eigenvalue weighted by molar-refractivity contribution is -0.302. The zero-order chi connectivity index (χ0) is 20.4. The molecule has 28 heavy (non-hydrogen) atoms. The Kier molecular flexibility index (Phi) is 5.90. The van der Waals surface area contributed by atoms with Crippen LogP contribution in [0.5, 0.6) is 0 Å². The number of hydrogen-bond acceptors (Lipinski definition) is 3. The predicted molar refractivity (Wildman–Crippen MR) is 103 cm³/mol. The fraction of sp³-hybridized carbons (Fsp3) is 0.300. The number of nitrogens with zero attached hydrogens (tertiary/aromatic N) is 2. The summed E-state index contributed by atoms with van der Waals surface area (Å²) in [6.45, 7) is 0. The highest BCUT2D eigenvalue weighted by Crippen LogP contribution is 2.41. The van der Waals surface area contributed by atoms with Gasteiger partial charge in [-0.15, -0.1) is 0 Å². The highest BCUT2D eigenvalue weighted by atomic mass is 79.9. The van der Waals surface area contributed by atoms with E-state index in [0.717, 1.165) is 10.0 Å². The van der Waals surface area contributed by atoms with Crippen LogP contribution < -0.4 is 0 Å². The number of aliphatic hydroxyl groups is 1. The van der Waals surface area contributed by atoms with Crippen molar-refractivity contribution in [3.8, 4) is 0 Å². The van der Waals surface area contributed by atoms with E-state index < -0.39 is 24.2 Å². The van der Waals surface area contributed by atoms with E-state index in [4.69, 9.17) is 0 Å². The third kappa shape index (κ3) is 4.28. The summed E-state index contributed by atoms with van der Waals surface area (Å²) in [5.41, 5.74) is -1.91. The molecule has 1 amide bonds. The maximum atomic E-state index is 13.6. The third-order valence-electron chi connectivity index (χ3n) is 4.55. The van der Waals surface area contributed by atoms with Gasteiger partial charge in [0.2, 0.25) is 5.91 Å². The Morgan fingerprint density at radius 1 is 1.14 bits per heavy atom. The molecule has 2 aromatic carbocycles. The molecule has 0 saturated carbocycles. The Morgan fingerprint density at radius 2 is 1.79 bits per heavy atom. The van der Waals surface area contributed by atoms with Crippen LogP contribution in [0, 0.1) is 0 Å². The molecular weight excluding hydrogens is 437 g/mol. The fourth-order valence-electron chi connectivity index (χ4n) is 3.03. The molecule has 1 aliphatic heterocycles. The summed E-state index contributed by atoms with van der Waals surface area (Å²) in [6, 6.07) is 15.8. The Labute approximate surface area is 168 Å². The summed E-state index contributed by atoms with van der Waals surface area (Å²) in [5, 5.41) is 14.4. The van der Waals surface area contributed by atoms with Crippen LogP contribution in [-0.4, -0.2) is 33.6 Å². The van der Waals surface area contributed by atoms with Gasteiger partial charge in [0.1, 0.15) is 0 Å². The van der Waals surface area contributed by atoms with Crippen molar-refractivity contribution in [1.82, 2.24) is 5.01 Å². The molecule has 0 radical (unpaired) electrons. The molecule has 148 valence electrons. The van der Waals surface area contributed by atoms with Gasteiger partial charge in [0.05, 0.1) is 12.1 Å². The van der Waals surface area contributed by atoms with Gasteiger partial charge in [-0.1, -0.05) is 58.4 Å². The van der Waals surface area contributed by atoms with Crippen molar-refractivity contribution in [2.24, 2.45) is 5.10 Å². The van der Waals surface area contributed by atoms with Crippen molar-refractivity contribution in [2.75, 3.05) is 0 Å². The molecular formula is C20H18BrF3N2O2. The third-order valence-corrected chi connectivity index (χ3v) is 5.08. The van der Waals surface area contributed by atoms with Crippen LogP contribution in [0.4, 0.5) is 13.2 Å². The van der Waals surface area contributed by atoms with Crippen LogP contribution in [0.3, 0.4) is 0 Å². The van der Waals surface area contributed by atoms with Gasteiger partial charge in [-0.25, -0.2) is 0 Å². The number of hydrogen-bond donors (Lipinski definition) is 1. The summed E-state index contributed by atoms with van der Waals surface area (Å²) < 4.78 is 41.5. The molecule has 1 N–H and O–H groups in total. The normalized spacial score (nSPS) is 19.6. The number of alkyl halides is 3. The van der Waals surface area contributed by atoms with Crippen molar-refractivity contribution >= 4 is 27.5 Å². The quantitative estimate of drug-likeness (QED) is 0.714. The summed E-state index contributed by atoms with van der Waals surface area (Å²) in [5.74, 6) is -0.858. The molecule has 0 aromatic heterocycles. The number of carbonyl (C=O) groups excluding carboxylic acids is 1. The monoisotopic (exact) mass is 454 g/mol. The second-order valence-electron chi connectivity index (χ2n) is 6.59. The molecule has 0 fully saturated rings. The van der Waals surface area contributed by atoms with Crippen LogP contribution in [0.1, 0.15) is 30.4 Å². The van der Waals surface area contributed by atoms with Crippen molar-refractivity contribution < 1.29 is 23.1 Å². The Hall–Kier alpha value is -2.19. The first-order valence-corrected chi connectivity index (χ1v) is 9.49. The fourth-order valence-corrected chi connectivity index (χ4v) is 3.29. The number of hydrazone groups is 1. The second-order valence-corrected chi connectivity index (χ2v) is 7.51. The van der Waals surface area contributed by atoms with Crippen LogP contribution in [0.2, 0.25) is 0 Å². The minimum absolute atomic E-state index is 0.0173. The first-order chi connectivity index (χ1) is 13.2. The smallest absolute Gasteiger partial charge is 0.362 e.